The third-order valence-electron chi connectivity index (χ3n) is 5.27. The van der Waals surface area contributed by atoms with E-state index in [9.17, 15) is 19.2 Å². The molecule has 1 saturated heterocycles. The van der Waals surface area contributed by atoms with Crippen molar-refractivity contribution < 1.29 is 19.2 Å². The molecule has 8 heteroatoms. The van der Waals surface area contributed by atoms with Gasteiger partial charge in [0.1, 0.15) is 0 Å². The number of hydrogen-bond donors (Lipinski definition) is 0. The minimum absolute atomic E-state index is 0.0116. The summed E-state index contributed by atoms with van der Waals surface area (Å²) in [5.41, 5.74) is 1.00. The molecular formula is C21H21N3O4S. The van der Waals surface area contributed by atoms with Gasteiger partial charge in [-0.1, -0.05) is 6.07 Å². The first-order chi connectivity index (χ1) is 13.9. The van der Waals surface area contributed by atoms with Crippen LogP contribution in [0, 0.1) is 0 Å². The molecule has 150 valence electrons. The Morgan fingerprint density at radius 1 is 0.897 bits per heavy atom. The Morgan fingerprint density at radius 3 is 2.10 bits per heavy atom. The summed E-state index contributed by atoms with van der Waals surface area (Å²) >= 11 is 1.41. The molecule has 0 spiro atoms. The fourth-order valence-electron chi connectivity index (χ4n) is 3.71. The van der Waals surface area contributed by atoms with E-state index in [0.717, 1.165) is 0 Å². The molecule has 0 unspecified atom stereocenters. The zero-order chi connectivity index (χ0) is 20.7. The van der Waals surface area contributed by atoms with Gasteiger partial charge in [-0.15, -0.1) is 11.3 Å². The molecule has 2 aliphatic rings. The van der Waals surface area contributed by atoms with Crippen molar-refractivity contribution in [2.45, 2.75) is 19.9 Å². The van der Waals surface area contributed by atoms with Gasteiger partial charge in [0.15, 0.2) is 0 Å². The van der Waals surface area contributed by atoms with Gasteiger partial charge in [0, 0.05) is 37.8 Å². The highest BCUT2D eigenvalue weighted by Gasteiger charge is 2.38. The number of amides is 4. The van der Waals surface area contributed by atoms with E-state index in [4.69, 9.17) is 0 Å². The summed E-state index contributed by atoms with van der Waals surface area (Å²) in [7, 11) is 0. The van der Waals surface area contributed by atoms with Crippen LogP contribution in [0.5, 0.6) is 0 Å². The fourth-order valence-corrected chi connectivity index (χ4v) is 4.40. The van der Waals surface area contributed by atoms with Gasteiger partial charge in [-0.05, 0) is 43.5 Å². The van der Waals surface area contributed by atoms with Crippen molar-refractivity contribution in [2.24, 2.45) is 0 Å². The molecule has 0 atom stereocenters. The number of hydrogen-bond acceptors (Lipinski definition) is 5. The molecule has 2 aromatic rings. The highest BCUT2D eigenvalue weighted by atomic mass is 32.1. The second kappa shape index (κ2) is 7.44. The molecule has 0 bridgehead atoms. The molecular weight excluding hydrogens is 390 g/mol. The van der Waals surface area contributed by atoms with Crippen molar-refractivity contribution in [3.8, 4) is 0 Å². The topological polar surface area (TPSA) is 78.0 Å². The second-order valence-corrected chi connectivity index (χ2v) is 8.34. The number of nitrogens with zero attached hydrogens (tertiary/aromatic N) is 3. The summed E-state index contributed by atoms with van der Waals surface area (Å²) < 4.78 is 0. The zero-order valence-corrected chi connectivity index (χ0v) is 17.1. The maximum atomic E-state index is 12.9. The number of carbonyl (C=O) groups is 4. The van der Waals surface area contributed by atoms with Crippen LogP contribution in [0.15, 0.2) is 35.7 Å². The summed E-state index contributed by atoms with van der Waals surface area (Å²) in [4.78, 5) is 55.7. The molecule has 4 amide bonds. The fraction of sp³-hybridized carbons (Fsp3) is 0.333. The van der Waals surface area contributed by atoms with Gasteiger partial charge < -0.3 is 9.80 Å². The minimum Gasteiger partial charge on any atom is -0.335 e. The van der Waals surface area contributed by atoms with E-state index < -0.39 is 0 Å². The first-order valence-corrected chi connectivity index (χ1v) is 10.4. The molecule has 0 radical (unpaired) electrons. The van der Waals surface area contributed by atoms with E-state index in [-0.39, 0.29) is 35.2 Å². The third kappa shape index (κ3) is 3.33. The van der Waals surface area contributed by atoms with Crippen LogP contribution >= 0.6 is 11.3 Å². The van der Waals surface area contributed by atoms with Gasteiger partial charge in [-0.3, -0.25) is 24.1 Å². The smallest absolute Gasteiger partial charge is 0.264 e. The first-order valence-electron chi connectivity index (χ1n) is 9.52. The van der Waals surface area contributed by atoms with E-state index >= 15 is 0 Å². The van der Waals surface area contributed by atoms with E-state index in [1.807, 2.05) is 11.4 Å². The minimum atomic E-state index is -0.360. The maximum Gasteiger partial charge on any atom is 0.264 e. The molecule has 4 rings (SSSR count). The number of imide groups is 1. The summed E-state index contributed by atoms with van der Waals surface area (Å²) in [5.74, 6) is -0.887. The molecule has 1 fully saturated rings. The molecule has 0 saturated carbocycles. The molecule has 3 heterocycles. The number of fused-ring (bicyclic) bond motifs is 1. The van der Waals surface area contributed by atoms with Crippen molar-refractivity contribution in [1.29, 1.82) is 0 Å². The Labute approximate surface area is 172 Å². The normalized spacial score (nSPS) is 16.6. The van der Waals surface area contributed by atoms with Gasteiger partial charge in [-0.25, -0.2) is 0 Å². The standard InChI is InChI=1S/C21H21N3O4S/c1-13(2)24-19(26)15-6-5-14(12-16(15)20(24)27)18(25)22-7-9-23(10-8-22)21(28)17-4-3-11-29-17/h3-6,11-13H,7-10H2,1-2H3. The van der Waals surface area contributed by atoms with E-state index in [2.05, 4.69) is 0 Å². The van der Waals surface area contributed by atoms with Gasteiger partial charge >= 0.3 is 0 Å². The SMILES string of the molecule is CC(C)N1C(=O)c2ccc(C(=O)N3CCN(C(=O)c4cccs4)CC3)cc2C1=O. The van der Waals surface area contributed by atoms with E-state index in [1.54, 1.807) is 41.8 Å². The highest BCUT2D eigenvalue weighted by molar-refractivity contribution is 7.12. The molecule has 0 aliphatic carbocycles. The lowest BCUT2D eigenvalue weighted by molar-refractivity contribution is 0.0538. The van der Waals surface area contributed by atoms with Crippen LogP contribution in [-0.4, -0.2) is 70.5 Å². The predicted molar refractivity (Wildman–Crippen MR) is 108 cm³/mol. The number of carbonyl (C=O) groups excluding carboxylic acids is 4. The van der Waals surface area contributed by atoms with Crippen LogP contribution in [0.4, 0.5) is 0 Å². The van der Waals surface area contributed by atoms with Crippen LogP contribution in [0.2, 0.25) is 0 Å². The number of benzene rings is 1. The Balaban J connectivity index is 1.46. The summed E-state index contributed by atoms with van der Waals surface area (Å²) in [5, 5.41) is 1.87. The van der Waals surface area contributed by atoms with Gasteiger partial charge in [-0.2, -0.15) is 0 Å². The molecule has 1 aromatic carbocycles. The van der Waals surface area contributed by atoms with Crippen LogP contribution in [0.1, 0.15) is 54.6 Å². The first kappa shape index (κ1) is 19.3. The third-order valence-corrected chi connectivity index (χ3v) is 6.13. The second-order valence-electron chi connectivity index (χ2n) is 7.40. The van der Waals surface area contributed by atoms with Crippen molar-refractivity contribution in [2.75, 3.05) is 26.2 Å². The Kier molecular flexibility index (Phi) is 4.96. The van der Waals surface area contributed by atoms with Gasteiger partial charge in [0.25, 0.3) is 23.6 Å². The van der Waals surface area contributed by atoms with E-state index in [1.165, 1.54) is 22.3 Å². The highest BCUT2D eigenvalue weighted by Crippen LogP contribution is 2.26. The van der Waals surface area contributed by atoms with Gasteiger partial charge in [0.05, 0.1) is 16.0 Å². The number of thiophene rings is 1. The lowest BCUT2D eigenvalue weighted by Crippen LogP contribution is -2.50. The molecule has 2 aliphatic heterocycles. The van der Waals surface area contributed by atoms with Crippen LogP contribution in [0.3, 0.4) is 0 Å². The van der Waals surface area contributed by atoms with Crippen molar-refractivity contribution >= 4 is 35.0 Å². The zero-order valence-electron chi connectivity index (χ0n) is 16.3. The van der Waals surface area contributed by atoms with Crippen LogP contribution in [0.25, 0.3) is 0 Å². The van der Waals surface area contributed by atoms with Crippen molar-refractivity contribution in [3.05, 3.63) is 57.3 Å². The largest absolute Gasteiger partial charge is 0.335 e. The van der Waals surface area contributed by atoms with Crippen LogP contribution in [-0.2, 0) is 0 Å². The van der Waals surface area contributed by atoms with Crippen molar-refractivity contribution in [3.63, 3.8) is 0 Å². The quantitative estimate of drug-likeness (QED) is 0.727. The molecule has 0 N–H and O–H groups in total. The summed E-state index contributed by atoms with van der Waals surface area (Å²) in [6.45, 7) is 5.35. The Bertz CT molecular complexity index is 991. The Hall–Kier alpha value is -3.00. The number of rotatable bonds is 3. The average molecular weight is 411 g/mol. The van der Waals surface area contributed by atoms with Crippen molar-refractivity contribution in [1.82, 2.24) is 14.7 Å². The monoisotopic (exact) mass is 411 g/mol. The molecule has 1 aromatic heterocycles. The lowest BCUT2D eigenvalue weighted by Gasteiger charge is -2.34. The van der Waals surface area contributed by atoms with Crippen LogP contribution < -0.4 is 0 Å². The predicted octanol–water partition coefficient (Wildman–Crippen LogP) is 2.35. The lowest BCUT2D eigenvalue weighted by atomic mass is 10.0. The molecule has 7 nitrogen and oxygen atoms in total. The number of piperazine rings is 1. The average Bonchev–Trinajstić information content (AvgIpc) is 3.34. The molecule has 29 heavy (non-hydrogen) atoms. The van der Waals surface area contributed by atoms with E-state index in [0.29, 0.717) is 42.2 Å². The summed E-state index contributed by atoms with van der Waals surface area (Å²) in [6, 6.07) is 8.08. The maximum absolute atomic E-state index is 12.9. The summed E-state index contributed by atoms with van der Waals surface area (Å²) in [6.07, 6.45) is 0. The van der Waals surface area contributed by atoms with Gasteiger partial charge in [0.2, 0.25) is 0 Å². The Morgan fingerprint density at radius 2 is 1.52 bits per heavy atom.